The van der Waals surface area contributed by atoms with Crippen LogP contribution < -0.4 is 14.2 Å². The molecule has 0 heterocycles. The van der Waals surface area contributed by atoms with E-state index in [1.807, 2.05) is 0 Å². The molecule has 0 bridgehead atoms. The Labute approximate surface area is 149 Å². The lowest BCUT2D eigenvalue weighted by Gasteiger charge is -2.10. The predicted octanol–water partition coefficient (Wildman–Crippen LogP) is 3.18. The summed E-state index contributed by atoms with van der Waals surface area (Å²) in [6.07, 6.45) is 0.400. The van der Waals surface area contributed by atoms with Crippen molar-refractivity contribution in [3.63, 3.8) is 0 Å². The Morgan fingerprint density at radius 2 is 1.77 bits per heavy atom. The molecule has 0 aliphatic carbocycles. The van der Waals surface area contributed by atoms with Crippen molar-refractivity contribution in [2.45, 2.75) is 13.3 Å². The number of carbonyl (C=O) groups excluding carboxylic acids is 2. The molecule has 2 aromatic carbocycles. The number of nitro groups is 1. The summed E-state index contributed by atoms with van der Waals surface area (Å²) in [6, 6.07) is 10.0. The molecule has 0 atom stereocenters. The molecule has 8 heteroatoms. The van der Waals surface area contributed by atoms with Crippen molar-refractivity contribution in [1.82, 2.24) is 0 Å². The third kappa shape index (κ3) is 4.79. The number of esters is 1. The fraction of sp³-hybridized carbons (Fsp3) is 0.222. The molecule has 8 nitrogen and oxygen atoms in total. The van der Waals surface area contributed by atoms with Crippen LogP contribution in [-0.4, -0.2) is 30.4 Å². The van der Waals surface area contributed by atoms with Gasteiger partial charge in [0, 0.05) is 18.1 Å². The van der Waals surface area contributed by atoms with E-state index in [1.165, 1.54) is 19.2 Å². The number of methoxy groups -OCH3 is 1. The minimum atomic E-state index is -0.752. The molecule has 2 rings (SSSR count). The zero-order valence-electron chi connectivity index (χ0n) is 14.3. The van der Waals surface area contributed by atoms with E-state index in [2.05, 4.69) is 0 Å². The molecule has 136 valence electrons. The summed E-state index contributed by atoms with van der Waals surface area (Å²) in [4.78, 5) is 33.7. The Bertz CT molecular complexity index is 815. The van der Waals surface area contributed by atoms with E-state index in [-0.39, 0.29) is 23.0 Å². The first-order chi connectivity index (χ1) is 12.4. The number of Topliss-reactive ketones (excluding diaryl/α,β-unsaturated/α-hetero) is 1. The number of non-ortho nitro benzene ring substituents is 1. The average Bonchev–Trinajstić information content (AvgIpc) is 2.66. The van der Waals surface area contributed by atoms with Crippen molar-refractivity contribution in [3.05, 3.63) is 58.1 Å². The lowest BCUT2D eigenvalue weighted by atomic mass is 10.1. The zero-order valence-corrected chi connectivity index (χ0v) is 14.3. The number of hydrogen-bond acceptors (Lipinski definition) is 7. The van der Waals surface area contributed by atoms with E-state index in [1.54, 1.807) is 31.2 Å². The molecule has 0 aliphatic heterocycles. The van der Waals surface area contributed by atoms with Crippen LogP contribution in [-0.2, 0) is 4.79 Å². The Morgan fingerprint density at radius 3 is 2.35 bits per heavy atom. The predicted molar refractivity (Wildman–Crippen MR) is 91.8 cm³/mol. The molecule has 26 heavy (non-hydrogen) atoms. The van der Waals surface area contributed by atoms with Crippen LogP contribution in [0.4, 0.5) is 5.69 Å². The third-order valence-electron chi connectivity index (χ3n) is 3.44. The lowest BCUT2D eigenvalue weighted by molar-refractivity contribution is -0.384. The van der Waals surface area contributed by atoms with E-state index in [0.29, 0.717) is 17.7 Å². The quantitative estimate of drug-likeness (QED) is 0.234. The van der Waals surface area contributed by atoms with Gasteiger partial charge in [-0.2, -0.15) is 0 Å². The topological polar surface area (TPSA) is 105 Å². The fourth-order valence-electron chi connectivity index (χ4n) is 2.09. The molecular formula is C18H17NO7. The van der Waals surface area contributed by atoms with Gasteiger partial charge >= 0.3 is 5.97 Å². The summed E-state index contributed by atoms with van der Waals surface area (Å²) >= 11 is 0. The molecule has 0 amide bonds. The Hall–Kier alpha value is -3.42. The summed E-state index contributed by atoms with van der Waals surface area (Å²) in [5.74, 6) is -0.239. The fourth-order valence-corrected chi connectivity index (χ4v) is 2.09. The zero-order chi connectivity index (χ0) is 19.1. The number of carbonyl (C=O) groups is 2. The number of hydrogen-bond donors (Lipinski definition) is 0. The summed E-state index contributed by atoms with van der Waals surface area (Å²) in [7, 11) is 1.36. The molecule has 0 aliphatic rings. The van der Waals surface area contributed by atoms with Crippen LogP contribution in [0.3, 0.4) is 0 Å². The van der Waals surface area contributed by atoms with Crippen LogP contribution in [0.5, 0.6) is 17.2 Å². The van der Waals surface area contributed by atoms with Crippen molar-refractivity contribution in [2.24, 2.45) is 0 Å². The normalized spacial score (nSPS) is 10.1. The van der Waals surface area contributed by atoms with Gasteiger partial charge in [-0.25, -0.2) is 4.79 Å². The van der Waals surface area contributed by atoms with Gasteiger partial charge in [0.05, 0.1) is 18.1 Å². The average molecular weight is 359 g/mol. The van der Waals surface area contributed by atoms with E-state index in [4.69, 9.17) is 14.2 Å². The standard InChI is InChI=1S/C18H17NO7/c1-3-15(20)12-4-7-14(8-5-12)25-11-18(21)26-17-10-13(19(22)23)6-9-16(17)24-2/h4-10H,3,11H2,1-2H3. The number of nitro benzene ring substituents is 1. The SMILES string of the molecule is CCC(=O)c1ccc(OCC(=O)Oc2cc([N+](=O)[O-])ccc2OC)cc1. The van der Waals surface area contributed by atoms with Gasteiger partial charge in [-0.1, -0.05) is 6.92 Å². The monoisotopic (exact) mass is 359 g/mol. The third-order valence-corrected chi connectivity index (χ3v) is 3.44. The summed E-state index contributed by atoms with van der Waals surface area (Å²) in [6.45, 7) is 1.36. The van der Waals surface area contributed by atoms with Gasteiger partial charge in [-0.3, -0.25) is 14.9 Å². The molecule has 0 unspecified atom stereocenters. The molecular weight excluding hydrogens is 342 g/mol. The second-order valence-electron chi connectivity index (χ2n) is 5.16. The molecule has 0 spiro atoms. The minimum Gasteiger partial charge on any atom is -0.493 e. The highest BCUT2D eigenvalue weighted by atomic mass is 16.6. The van der Waals surface area contributed by atoms with E-state index < -0.39 is 17.5 Å². The highest BCUT2D eigenvalue weighted by molar-refractivity contribution is 5.95. The maximum Gasteiger partial charge on any atom is 0.349 e. The van der Waals surface area contributed by atoms with Crippen molar-refractivity contribution in [1.29, 1.82) is 0 Å². The molecule has 0 saturated heterocycles. The highest BCUT2D eigenvalue weighted by Gasteiger charge is 2.16. The largest absolute Gasteiger partial charge is 0.493 e. The van der Waals surface area contributed by atoms with Crippen molar-refractivity contribution in [2.75, 3.05) is 13.7 Å². The smallest absolute Gasteiger partial charge is 0.349 e. The van der Waals surface area contributed by atoms with Crippen LogP contribution in [0, 0.1) is 10.1 Å². The van der Waals surface area contributed by atoms with Gasteiger partial charge in [0.2, 0.25) is 0 Å². The van der Waals surface area contributed by atoms with E-state index >= 15 is 0 Å². The number of nitrogens with zero attached hydrogens (tertiary/aromatic N) is 1. The molecule has 0 saturated carbocycles. The number of ether oxygens (including phenoxy) is 3. The Morgan fingerprint density at radius 1 is 1.08 bits per heavy atom. The van der Waals surface area contributed by atoms with E-state index in [0.717, 1.165) is 6.07 Å². The second-order valence-corrected chi connectivity index (χ2v) is 5.16. The lowest BCUT2D eigenvalue weighted by Crippen LogP contribution is -2.18. The summed E-state index contributed by atoms with van der Waals surface area (Å²) in [5.41, 5.74) is 0.328. The van der Waals surface area contributed by atoms with Gasteiger partial charge in [-0.15, -0.1) is 0 Å². The van der Waals surface area contributed by atoms with Crippen molar-refractivity contribution >= 4 is 17.4 Å². The van der Waals surface area contributed by atoms with Crippen molar-refractivity contribution < 1.29 is 28.7 Å². The maximum absolute atomic E-state index is 11.9. The number of benzene rings is 2. The maximum atomic E-state index is 11.9. The molecule has 0 fully saturated rings. The van der Waals surface area contributed by atoms with Crippen LogP contribution in [0.2, 0.25) is 0 Å². The van der Waals surface area contributed by atoms with Gasteiger partial charge in [0.15, 0.2) is 23.9 Å². The molecule has 0 radical (unpaired) electrons. The summed E-state index contributed by atoms with van der Waals surface area (Å²) < 4.78 is 15.4. The first-order valence-electron chi connectivity index (χ1n) is 7.73. The minimum absolute atomic E-state index is 0.00808. The first kappa shape index (κ1) is 18.9. The van der Waals surface area contributed by atoms with Crippen LogP contribution in [0.25, 0.3) is 0 Å². The number of ketones is 1. The molecule has 0 aromatic heterocycles. The van der Waals surface area contributed by atoms with Crippen LogP contribution in [0.1, 0.15) is 23.7 Å². The van der Waals surface area contributed by atoms with Crippen molar-refractivity contribution in [3.8, 4) is 17.2 Å². The van der Waals surface area contributed by atoms with Crippen LogP contribution in [0.15, 0.2) is 42.5 Å². The van der Waals surface area contributed by atoms with Gasteiger partial charge < -0.3 is 14.2 Å². The van der Waals surface area contributed by atoms with Gasteiger partial charge in [-0.05, 0) is 30.3 Å². The van der Waals surface area contributed by atoms with Gasteiger partial charge in [0.1, 0.15) is 5.75 Å². The summed E-state index contributed by atoms with van der Waals surface area (Å²) in [5, 5.41) is 10.8. The number of rotatable bonds is 8. The highest BCUT2D eigenvalue weighted by Crippen LogP contribution is 2.31. The molecule has 0 N–H and O–H groups in total. The molecule has 2 aromatic rings. The Kier molecular flexibility index (Phi) is 6.26. The first-order valence-corrected chi connectivity index (χ1v) is 7.73. The Balaban J connectivity index is 1.99. The van der Waals surface area contributed by atoms with Gasteiger partial charge in [0.25, 0.3) is 5.69 Å². The second kappa shape index (κ2) is 8.61. The van der Waals surface area contributed by atoms with Crippen LogP contribution >= 0.6 is 0 Å². The van der Waals surface area contributed by atoms with E-state index in [9.17, 15) is 19.7 Å².